The fraction of sp³-hybridized carbons (Fsp3) is 0.471. The van der Waals surface area contributed by atoms with Gasteiger partial charge in [-0.1, -0.05) is 0 Å². The number of carbonyl (C=O) groups is 3. The molecule has 9 nitrogen and oxygen atoms in total. The maximum absolute atomic E-state index is 12.4. The number of nitrogens with zero attached hydrogens (tertiary/aromatic N) is 1. The van der Waals surface area contributed by atoms with Crippen LogP contribution in [0.5, 0.6) is 0 Å². The molecule has 0 unspecified atom stereocenters. The van der Waals surface area contributed by atoms with Gasteiger partial charge in [0.1, 0.15) is 0 Å². The average molecular weight is 365 g/mol. The van der Waals surface area contributed by atoms with Crippen molar-refractivity contribution in [3.05, 3.63) is 29.3 Å². The number of nitrogens with one attached hydrogen (secondary N) is 2. The average Bonchev–Trinajstić information content (AvgIpc) is 2.86. The predicted molar refractivity (Wildman–Crippen MR) is 93.2 cm³/mol. The van der Waals surface area contributed by atoms with Crippen LogP contribution in [-0.4, -0.2) is 74.5 Å². The summed E-state index contributed by atoms with van der Waals surface area (Å²) in [6.07, 6.45) is 0.563. The van der Waals surface area contributed by atoms with Crippen molar-refractivity contribution in [2.24, 2.45) is 0 Å². The van der Waals surface area contributed by atoms with Gasteiger partial charge in [-0.05, 0) is 24.6 Å². The number of hydrogen-bond acceptors (Lipinski definition) is 6. The lowest BCUT2D eigenvalue weighted by Crippen LogP contribution is -2.32. The molecule has 4 amide bonds. The molecular weight excluding hydrogens is 342 g/mol. The Morgan fingerprint density at radius 1 is 1.15 bits per heavy atom. The highest BCUT2D eigenvalue weighted by Gasteiger charge is 2.35. The number of amides is 4. The molecule has 0 radical (unpaired) electrons. The molecule has 1 aromatic rings. The number of rotatable bonds is 10. The highest BCUT2D eigenvalue weighted by Crippen LogP contribution is 2.26. The smallest absolute Gasteiger partial charge is 0.319 e. The number of fused-ring (bicyclic) bond motifs is 1. The minimum atomic E-state index is -0.453. The zero-order chi connectivity index (χ0) is 18.9. The first kappa shape index (κ1) is 19.8. The van der Waals surface area contributed by atoms with Crippen molar-refractivity contribution in [1.82, 2.24) is 10.2 Å². The Hall–Kier alpha value is -2.49. The highest BCUT2D eigenvalue weighted by atomic mass is 16.5. The first-order valence-electron chi connectivity index (χ1n) is 8.31. The van der Waals surface area contributed by atoms with Crippen LogP contribution in [0.2, 0.25) is 0 Å². The monoisotopic (exact) mass is 365 g/mol. The Balaban J connectivity index is 1.92. The molecule has 1 heterocycles. The maximum Gasteiger partial charge on any atom is 0.319 e. The third-order valence-electron chi connectivity index (χ3n) is 3.73. The van der Waals surface area contributed by atoms with Gasteiger partial charge >= 0.3 is 6.03 Å². The van der Waals surface area contributed by atoms with E-state index in [1.807, 2.05) is 0 Å². The van der Waals surface area contributed by atoms with E-state index in [2.05, 4.69) is 10.6 Å². The van der Waals surface area contributed by atoms with Crippen molar-refractivity contribution in [2.75, 3.05) is 51.9 Å². The van der Waals surface area contributed by atoms with E-state index < -0.39 is 6.03 Å². The van der Waals surface area contributed by atoms with Crippen LogP contribution in [0, 0.1) is 0 Å². The van der Waals surface area contributed by atoms with Crippen molar-refractivity contribution in [3.8, 4) is 0 Å². The molecule has 0 saturated carbocycles. The van der Waals surface area contributed by atoms with Crippen LogP contribution in [0.1, 0.15) is 27.1 Å². The van der Waals surface area contributed by atoms with Crippen LogP contribution in [0.4, 0.5) is 10.5 Å². The molecule has 3 N–H and O–H groups in total. The Morgan fingerprint density at radius 2 is 1.92 bits per heavy atom. The summed E-state index contributed by atoms with van der Waals surface area (Å²) in [5, 5.41) is 13.8. The number of aliphatic hydroxyl groups excluding tert-OH is 1. The number of urea groups is 1. The maximum atomic E-state index is 12.4. The van der Waals surface area contributed by atoms with Gasteiger partial charge in [0.25, 0.3) is 11.8 Å². The van der Waals surface area contributed by atoms with Crippen LogP contribution in [0.15, 0.2) is 18.2 Å². The number of aliphatic hydroxyl groups is 1. The second-order valence-electron chi connectivity index (χ2n) is 5.59. The second-order valence-corrected chi connectivity index (χ2v) is 5.59. The van der Waals surface area contributed by atoms with Crippen molar-refractivity contribution in [1.29, 1.82) is 0 Å². The number of ether oxygens (including phenoxy) is 2. The first-order valence-corrected chi connectivity index (χ1v) is 8.31. The summed E-state index contributed by atoms with van der Waals surface area (Å²) in [7, 11) is 1.56. The van der Waals surface area contributed by atoms with Gasteiger partial charge in [-0.3, -0.25) is 14.5 Å². The lowest BCUT2D eigenvalue weighted by atomic mass is 10.1. The quantitative estimate of drug-likeness (QED) is 0.409. The molecule has 0 fully saturated rings. The molecule has 0 spiro atoms. The third-order valence-corrected chi connectivity index (χ3v) is 3.73. The zero-order valence-electron chi connectivity index (χ0n) is 14.6. The first-order chi connectivity index (χ1) is 12.6. The van der Waals surface area contributed by atoms with Crippen LogP contribution >= 0.6 is 0 Å². The van der Waals surface area contributed by atoms with E-state index in [9.17, 15) is 14.4 Å². The summed E-state index contributed by atoms with van der Waals surface area (Å²) in [5.74, 6) is -0.708. The molecular formula is C17H23N3O6. The topological polar surface area (TPSA) is 117 Å². The largest absolute Gasteiger partial charge is 0.394 e. The van der Waals surface area contributed by atoms with Gasteiger partial charge in [0.05, 0.1) is 30.9 Å². The molecule has 0 bridgehead atoms. The van der Waals surface area contributed by atoms with Gasteiger partial charge in [0.2, 0.25) is 0 Å². The van der Waals surface area contributed by atoms with Gasteiger partial charge < -0.3 is 25.2 Å². The van der Waals surface area contributed by atoms with E-state index in [0.717, 1.165) is 0 Å². The predicted octanol–water partition coefficient (Wildman–Crippen LogP) is 0.450. The van der Waals surface area contributed by atoms with E-state index in [-0.39, 0.29) is 50.3 Å². The van der Waals surface area contributed by atoms with Crippen molar-refractivity contribution in [3.63, 3.8) is 0 Å². The summed E-state index contributed by atoms with van der Waals surface area (Å²) >= 11 is 0. The fourth-order valence-electron chi connectivity index (χ4n) is 2.52. The number of imide groups is 1. The molecule has 1 aromatic carbocycles. The van der Waals surface area contributed by atoms with Gasteiger partial charge in [-0.15, -0.1) is 0 Å². The zero-order valence-corrected chi connectivity index (χ0v) is 14.6. The van der Waals surface area contributed by atoms with Crippen LogP contribution in [0.3, 0.4) is 0 Å². The Kier molecular flexibility index (Phi) is 7.52. The Morgan fingerprint density at radius 3 is 2.65 bits per heavy atom. The van der Waals surface area contributed by atoms with Crippen LogP contribution in [0.25, 0.3) is 0 Å². The second kappa shape index (κ2) is 9.85. The van der Waals surface area contributed by atoms with E-state index in [1.165, 1.54) is 17.0 Å². The summed E-state index contributed by atoms with van der Waals surface area (Å²) in [5.41, 5.74) is 1.02. The summed E-state index contributed by atoms with van der Waals surface area (Å²) in [4.78, 5) is 37.7. The fourth-order valence-corrected chi connectivity index (χ4v) is 2.52. The minimum Gasteiger partial charge on any atom is -0.394 e. The number of anilines is 1. The van der Waals surface area contributed by atoms with Crippen molar-refractivity contribution in [2.45, 2.75) is 6.42 Å². The highest BCUT2D eigenvalue weighted by molar-refractivity contribution is 6.21. The molecule has 0 aromatic heterocycles. The Labute approximate surface area is 151 Å². The molecule has 2 rings (SSSR count). The van der Waals surface area contributed by atoms with Crippen LogP contribution in [-0.2, 0) is 9.47 Å². The van der Waals surface area contributed by atoms with E-state index in [0.29, 0.717) is 24.3 Å². The third kappa shape index (κ3) is 5.01. The molecule has 0 atom stereocenters. The van der Waals surface area contributed by atoms with Gasteiger partial charge in [-0.2, -0.15) is 0 Å². The molecule has 9 heteroatoms. The number of carbonyl (C=O) groups excluding carboxylic acids is 3. The van der Waals surface area contributed by atoms with E-state index in [1.54, 1.807) is 13.2 Å². The van der Waals surface area contributed by atoms with Crippen molar-refractivity contribution < 1.29 is 29.0 Å². The minimum absolute atomic E-state index is 0.0729. The van der Waals surface area contributed by atoms with Gasteiger partial charge in [-0.25, -0.2) is 4.79 Å². The van der Waals surface area contributed by atoms with E-state index >= 15 is 0 Å². The summed E-state index contributed by atoms with van der Waals surface area (Å²) in [6.45, 7) is 1.45. The van der Waals surface area contributed by atoms with Crippen LogP contribution < -0.4 is 10.6 Å². The number of hydrogen-bond donors (Lipinski definition) is 3. The molecule has 26 heavy (non-hydrogen) atoms. The van der Waals surface area contributed by atoms with Gasteiger partial charge in [0, 0.05) is 32.5 Å². The van der Waals surface area contributed by atoms with Gasteiger partial charge in [0.15, 0.2) is 0 Å². The molecule has 1 aliphatic rings. The van der Waals surface area contributed by atoms with E-state index in [4.69, 9.17) is 14.6 Å². The molecule has 0 saturated heterocycles. The molecule has 1 aliphatic heterocycles. The SMILES string of the molecule is COCCCN1C(=O)c2ccc(NC(=O)NCCOCCO)cc2C1=O. The Bertz CT molecular complexity index is 664. The standard InChI is InChI=1S/C17H23N3O6/c1-25-8-2-6-20-15(22)13-4-3-12(11-14(13)16(20)23)19-17(24)18-5-9-26-10-7-21/h3-4,11,21H,2,5-10H2,1H3,(H2,18,19,24). The number of benzene rings is 1. The van der Waals surface area contributed by atoms with Crippen molar-refractivity contribution >= 4 is 23.5 Å². The molecule has 142 valence electrons. The normalized spacial score (nSPS) is 13.1. The lowest BCUT2D eigenvalue weighted by molar-refractivity contribution is 0.0638. The number of methoxy groups -OCH3 is 1. The lowest BCUT2D eigenvalue weighted by Gasteiger charge is -2.12. The summed E-state index contributed by atoms with van der Waals surface area (Å²) < 4.78 is 9.97. The summed E-state index contributed by atoms with van der Waals surface area (Å²) in [6, 6.07) is 4.15. The molecule has 0 aliphatic carbocycles.